The van der Waals surface area contributed by atoms with Crippen molar-refractivity contribution in [3.05, 3.63) is 0 Å². The van der Waals surface area contributed by atoms with Crippen molar-refractivity contribution in [3.63, 3.8) is 0 Å². The predicted octanol–water partition coefficient (Wildman–Crippen LogP) is 2.76. The molecule has 0 aliphatic heterocycles. The van der Waals surface area contributed by atoms with Crippen LogP contribution in [0.5, 0.6) is 0 Å². The van der Waals surface area contributed by atoms with Gasteiger partial charge in [-0.2, -0.15) is 0 Å². The Kier molecular flexibility index (Phi) is 10.2. The topological polar surface area (TPSA) is 23.6 Å². The normalized spacial score (nSPS) is 10.9. The minimum absolute atomic E-state index is 0.299. The Balaban J connectivity index is 3.63. The summed E-state index contributed by atoms with van der Waals surface area (Å²) in [5.41, 5.74) is 0. The van der Waals surface area contributed by atoms with E-state index in [2.05, 4.69) is 25.7 Å². The van der Waals surface area contributed by atoms with Gasteiger partial charge in [0.1, 0.15) is 0 Å². The summed E-state index contributed by atoms with van der Waals surface area (Å²) >= 11 is 0. The summed E-state index contributed by atoms with van der Waals surface area (Å²) in [6.07, 6.45) is 5.24. The zero-order valence-corrected chi connectivity index (χ0v) is 12.2. The Morgan fingerprint density at radius 3 is 2.12 bits per heavy atom. The first-order valence-electron chi connectivity index (χ1n) is 7.11. The monoisotopic (exact) mass is 242 g/mol. The molecule has 1 amide bonds. The first-order valence-corrected chi connectivity index (χ1v) is 7.11. The highest BCUT2D eigenvalue weighted by Crippen LogP contribution is 2.01. The molecule has 102 valence electrons. The van der Waals surface area contributed by atoms with Crippen molar-refractivity contribution in [1.29, 1.82) is 0 Å². The van der Waals surface area contributed by atoms with Gasteiger partial charge in [0.2, 0.25) is 5.91 Å². The second-order valence-electron chi connectivity index (χ2n) is 4.65. The minimum atomic E-state index is 0.299. The van der Waals surface area contributed by atoms with E-state index in [1.165, 1.54) is 12.8 Å². The number of hydrogen-bond donors (Lipinski definition) is 0. The fraction of sp³-hybridized carbons (Fsp3) is 0.929. The van der Waals surface area contributed by atoms with Crippen molar-refractivity contribution in [2.75, 3.05) is 33.2 Å². The van der Waals surface area contributed by atoms with Gasteiger partial charge in [-0.3, -0.25) is 4.79 Å². The van der Waals surface area contributed by atoms with Crippen LogP contribution in [0.25, 0.3) is 0 Å². The first kappa shape index (κ1) is 16.4. The van der Waals surface area contributed by atoms with Gasteiger partial charge in [0.15, 0.2) is 0 Å². The average Bonchev–Trinajstić information content (AvgIpc) is 2.34. The molecule has 0 fully saturated rings. The summed E-state index contributed by atoms with van der Waals surface area (Å²) in [6.45, 7) is 10.6. The Hall–Kier alpha value is -0.570. The van der Waals surface area contributed by atoms with Crippen LogP contribution in [0.2, 0.25) is 0 Å². The molecule has 0 rings (SSSR count). The van der Waals surface area contributed by atoms with Crippen molar-refractivity contribution in [1.82, 2.24) is 9.80 Å². The lowest BCUT2D eigenvalue weighted by molar-refractivity contribution is -0.130. The molecule has 0 saturated carbocycles. The van der Waals surface area contributed by atoms with E-state index in [9.17, 15) is 4.79 Å². The van der Waals surface area contributed by atoms with Crippen LogP contribution in [0.4, 0.5) is 0 Å². The molecule has 0 unspecified atom stereocenters. The summed E-state index contributed by atoms with van der Waals surface area (Å²) in [5.74, 6) is 0.299. The number of amides is 1. The van der Waals surface area contributed by atoms with Gasteiger partial charge in [0.05, 0.1) is 0 Å². The molecule has 17 heavy (non-hydrogen) atoms. The Labute approximate surface area is 107 Å². The van der Waals surface area contributed by atoms with Crippen molar-refractivity contribution < 1.29 is 4.79 Å². The summed E-state index contributed by atoms with van der Waals surface area (Å²) in [7, 11) is 1.93. The highest BCUT2D eigenvalue weighted by atomic mass is 16.2. The van der Waals surface area contributed by atoms with Crippen LogP contribution in [0, 0.1) is 0 Å². The van der Waals surface area contributed by atoms with Crippen LogP contribution in [-0.4, -0.2) is 48.9 Å². The molecule has 0 atom stereocenters. The third-order valence-corrected chi connectivity index (χ3v) is 3.28. The smallest absolute Gasteiger partial charge is 0.222 e. The number of nitrogens with zero attached hydrogens (tertiary/aromatic N) is 2. The van der Waals surface area contributed by atoms with Crippen molar-refractivity contribution in [2.45, 2.75) is 52.9 Å². The minimum Gasteiger partial charge on any atom is -0.346 e. The lowest BCUT2D eigenvalue weighted by Crippen LogP contribution is -2.29. The van der Waals surface area contributed by atoms with Gasteiger partial charge in [-0.1, -0.05) is 33.6 Å². The van der Waals surface area contributed by atoms with E-state index in [-0.39, 0.29) is 0 Å². The summed E-state index contributed by atoms with van der Waals surface area (Å²) < 4.78 is 0. The van der Waals surface area contributed by atoms with E-state index >= 15 is 0 Å². The van der Waals surface area contributed by atoms with E-state index < -0.39 is 0 Å². The van der Waals surface area contributed by atoms with Gasteiger partial charge >= 0.3 is 0 Å². The Morgan fingerprint density at radius 1 is 0.941 bits per heavy atom. The van der Waals surface area contributed by atoms with E-state index in [0.717, 1.165) is 39.0 Å². The zero-order chi connectivity index (χ0) is 13.1. The lowest BCUT2D eigenvalue weighted by atomic mass is 10.2. The fourth-order valence-electron chi connectivity index (χ4n) is 1.91. The number of carbonyl (C=O) groups excluding carboxylic acids is 1. The van der Waals surface area contributed by atoms with Crippen molar-refractivity contribution >= 4 is 5.91 Å². The maximum atomic E-state index is 11.8. The molecule has 3 heteroatoms. The second kappa shape index (κ2) is 10.6. The molecule has 0 aliphatic rings. The van der Waals surface area contributed by atoms with Crippen LogP contribution in [0.15, 0.2) is 0 Å². The van der Waals surface area contributed by atoms with Gasteiger partial charge in [0, 0.05) is 20.0 Å². The Morgan fingerprint density at radius 2 is 1.59 bits per heavy atom. The number of unbranched alkanes of at least 4 members (excludes halogenated alkanes) is 2. The largest absolute Gasteiger partial charge is 0.346 e. The molecule has 3 nitrogen and oxygen atoms in total. The van der Waals surface area contributed by atoms with Gasteiger partial charge in [-0.05, 0) is 32.5 Å². The van der Waals surface area contributed by atoms with Crippen LogP contribution >= 0.6 is 0 Å². The molecule has 0 aromatic rings. The zero-order valence-electron chi connectivity index (χ0n) is 12.2. The highest BCUT2D eigenvalue weighted by molar-refractivity contribution is 5.75. The maximum Gasteiger partial charge on any atom is 0.222 e. The van der Waals surface area contributed by atoms with Crippen LogP contribution < -0.4 is 0 Å². The number of carbonyl (C=O) groups is 1. The molecular formula is C14H30N2O. The standard InChI is InChI=1S/C14H30N2O/c1-5-8-9-12-15(4)14(17)11-10-13-16(6-2)7-3/h5-13H2,1-4H3. The van der Waals surface area contributed by atoms with Gasteiger partial charge in [-0.15, -0.1) is 0 Å². The summed E-state index contributed by atoms with van der Waals surface area (Å²) in [4.78, 5) is 16.1. The molecule has 0 N–H and O–H groups in total. The molecule has 0 aliphatic carbocycles. The van der Waals surface area contributed by atoms with Gasteiger partial charge in [-0.25, -0.2) is 0 Å². The first-order chi connectivity index (χ1) is 8.15. The van der Waals surface area contributed by atoms with Crippen LogP contribution in [0.3, 0.4) is 0 Å². The van der Waals surface area contributed by atoms with Crippen molar-refractivity contribution in [2.24, 2.45) is 0 Å². The highest BCUT2D eigenvalue weighted by Gasteiger charge is 2.08. The Bertz CT molecular complexity index is 191. The van der Waals surface area contributed by atoms with E-state index in [4.69, 9.17) is 0 Å². The molecule has 0 saturated heterocycles. The van der Waals surface area contributed by atoms with Crippen LogP contribution in [-0.2, 0) is 4.79 Å². The molecule has 0 aromatic heterocycles. The molecule has 0 spiro atoms. The van der Waals surface area contributed by atoms with E-state index in [1.54, 1.807) is 0 Å². The molecule has 0 aromatic carbocycles. The predicted molar refractivity (Wildman–Crippen MR) is 74.2 cm³/mol. The van der Waals surface area contributed by atoms with E-state index in [0.29, 0.717) is 12.3 Å². The SMILES string of the molecule is CCCCCN(C)C(=O)CCCN(CC)CC. The average molecular weight is 242 g/mol. The quantitative estimate of drug-likeness (QED) is 0.550. The molecule has 0 radical (unpaired) electrons. The maximum absolute atomic E-state index is 11.8. The molecule has 0 heterocycles. The second-order valence-corrected chi connectivity index (χ2v) is 4.65. The lowest BCUT2D eigenvalue weighted by Gasteiger charge is -2.20. The molecule has 0 bridgehead atoms. The van der Waals surface area contributed by atoms with E-state index in [1.807, 2.05) is 11.9 Å². The number of rotatable bonds is 10. The van der Waals surface area contributed by atoms with Crippen LogP contribution in [0.1, 0.15) is 52.9 Å². The summed E-state index contributed by atoms with van der Waals surface area (Å²) in [5, 5.41) is 0. The molecular weight excluding hydrogens is 212 g/mol. The fourth-order valence-corrected chi connectivity index (χ4v) is 1.91. The number of hydrogen-bond acceptors (Lipinski definition) is 2. The van der Waals surface area contributed by atoms with Gasteiger partial charge in [0.25, 0.3) is 0 Å². The van der Waals surface area contributed by atoms with Crippen molar-refractivity contribution in [3.8, 4) is 0 Å². The third kappa shape index (κ3) is 8.19. The van der Waals surface area contributed by atoms with Gasteiger partial charge < -0.3 is 9.80 Å². The summed E-state index contributed by atoms with van der Waals surface area (Å²) in [6, 6.07) is 0. The third-order valence-electron chi connectivity index (χ3n) is 3.28.